The van der Waals surface area contributed by atoms with E-state index >= 15 is 0 Å². The van der Waals surface area contributed by atoms with E-state index in [0.717, 1.165) is 11.3 Å². The summed E-state index contributed by atoms with van der Waals surface area (Å²) in [5, 5.41) is 0. The van der Waals surface area contributed by atoms with Crippen LogP contribution in [0.3, 0.4) is 0 Å². The van der Waals surface area contributed by atoms with Gasteiger partial charge in [0.05, 0.1) is 7.11 Å². The van der Waals surface area contributed by atoms with Crippen LogP contribution in [0.1, 0.15) is 30.6 Å². The maximum atomic E-state index is 12.0. The van der Waals surface area contributed by atoms with E-state index in [1.165, 1.54) is 0 Å². The molecule has 17 heavy (non-hydrogen) atoms. The molecule has 1 rings (SSSR count). The van der Waals surface area contributed by atoms with Crippen LogP contribution in [0.15, 0.2) is 36.9 Å². The van der Waals surface area contributed by atoms with E-state index in [9.17, 15) is 4.79 Å². The molecule has 0 heterocycles. The molecule has 0 aliphatic rings. The molecular formula is C15H20O2. The minimum absolute atomic E-state index is 0.159. The molecule has 1 atom stereocenters. The average Bonchev–Trinajstić information content (AvgIpc) is 2.35. The number of rotatable bonds is 6. The zero-order valence-electron chi connectivity index (χ0n) is 10.8. The molecule has 0 N–H and O–H groups in total. The van der Waals surface area contributed by atoms with Crippen LogP contribution in [0.25, 0.3) is 0 Å². The summed E-state index contributed by atoms with van der Waals surface area (Å²) >= 11 is 0. The van der Waals surface area contributed by atoms with E-state index in [1.807, 2.05) is 30.3 Å². The van der Waals surface area contributed by atoms with Gasteiger partial charge in [0.15, 0.2) is 5.78 Å². The molecule has 0 saturated carbocycles. The van der Waals surface area contributed by atoms with Gasteiger partial charge in [-0.3, -0.25) is 4.79 Å². The quantitative estimate of drug-likeness (QED) is 0.552. The Bertz CT molecular complexity index is 376. The summed E-state index contributed by atoms with van der Waals surface area (Å²) in [6, 6.07) is 7.24. The van der Waals surface area contributed by atoms with Gasteiger partial charge >= 0.3 is 0 Å². The van der Waals surface area contributed by atoms with Crippen LogP contribution in [0.4, 0.5) is 0 Å². The molecule has 0 aromatic heterocycles. The van der Waals surface area contributed by atoms with E-state index in [1.54, 1.807) is 7.11 Å². The van der Waals surface area contributed by atoms with Crippen molar-refractivity contribution in [3.8, 4) is 5.75 Å². The highest BCUT2D eigenvalue weighted by molar-refractivity contribution is 5.96. The van der Waals surface area contributed by atoms with Crippen molar-refractivity contribution in [3.05, 3.63) is 42.5 Å². The lowest BCUT2D eigenvalue weighted by molar-refractivity contribution is 0.0960. The third kappa shape index (κ3) is 3.74. The third-order valence-corrected chi connectivity index (χ3v) is 2.99. The second-order valence-corrected chi connectivity index (χ2v) is 4.50. The predicted octanol–water partition coefficient (Wildman–Crippen LogP) is 3.73. The Labute approximate surface area is 103 Å². The number of hydrogen-bond donors (Lipinski definition) is 0. The highest BCUT2D eigenvalue weighted by atomic mass is 16.5. The van der Waals surface area contributed by atoms with Crippen LogP contribution >= 0.6 is 0 Å². The molecule has 0 aliphatic carbocycles. The van der Waals surface area contributed by atoms with Gasteiger partial charge in [0.25, 0.3) is 0 Å². The van der Waals surface area contributed by atoms with Gasteiger partial charge in [-0.15, -0.1) is 6.58 Å². The van der Waals surface area contributed by atoms with Crippen molar-refractivity contribution >= 4 is 5.78 Å². The number of carbonyl (C=O) groups excluding carboxylic acids is 1. The van der Waals surface area contributed by atoms with Crippen molar-refractivity contribution in [1.82, 2.24) is 0 Å². The average molecular weight is 232 g/mol. The van der Waals surface area contributed by atoms with E-state index in [0.29, 0.717) is 12.3 Å². The fourth-order valence-electron chi connectivity index (χ4n) is 1.70. The van der Waals surface area contributed by atoms with E-state index in [-0.39, 0.29) is 11.7 Å². The Morgan fingerprint density at radius 2 is 1.94 bits per heavy atom. The molecule has 1 aromatic carbocycles. The monoisotopic (exact) mass is 232 g/mol. The van der Waals surface area contributed by atoms with Crippen molar-refractivity contribution in [2.45, 2.75) is 20.3 Å². The summed E-state index contributed by atoms with van der Waals surface area (Å²) in [6.07, 6.45) is 2.39. The van der Waals surface area contributed by atoms with Crippen LogP contribution in [0.5, 0.6) is 5.75 Å². The van der Waals surface area contributed by atoms with Crippen LogP contribution in [-0.2, 0) is 0 Å². The van der Waals surface area contributed by atoms with Gasteiger partial charge in [0, 0.05) is 12.0 Å². The highest BCUT2D eigenvalue weighted by Crippen LogP contribution is 2.20. The molecule has 0 saturated heterocycles. The van der Waals surface area contributed by atoms with Crippen LogP contribution in [0.2, 0.25) is 0 Å². The Kier molecular flexibility index (Phi) is 4.95. The standard InChI is InChI=1S/C15H20O2/c1-5-12(11(2)3)10-15(16)13-6-8-14(17-4)9-7-13/h5-9,11-12H,1,10H2,2-4H3/t12-/m1/s1. The number of ketones is 1. The van der Waals surface area contributed by atoms with E-state index in [4.69, 9.17) is 4.74 Å². The number of carbonyl (C=O) groups is 1. The van der Waals surface area contributed by atoms with Crippen LogP contribution in [-0.4, -0.2) is 12.9 Å². The summed E-state index contributed by atoms with van der Waals surface area (Å²) in [5.74, 6) is 1.61. The number of benzene rings is 1. The Morgan fingerprint density at radius 3 is 2.35 bits per heavy atom. The molecule has 92 valence electrons. The predicted molar refractivity (Wildman–Crippen MR) is 70.5 cm³/mol. The van der Waals surface area contributed by atoms with Crippen molar-refractivity contribution in [2.75, 3.05) is 7.11 Å². The summed E-state index contributed by atoms with van der Waals surface area (Å²) in [6.45, 7) is 7.99. The second-order valence-electron chi connectivity index (χ2n) is 4.50. The van der Waals surface area contributed by atoms with E-state index < -0.39 is 0 Å². The SMILES string of the molecule is C=C[C@H](CC(=O)c1ccc(OC)cc1)C(C)C. The first-order valence-corrected chi connectivity index (χ1v) is 5.88. The van der Waals surface area contributed by atoms with Crippen molar-refractivity contribution in [1.29, 1.82) is 0 Å². The minimum Gasteiger partial charge on any atom is -0.497 e. The van der Waals surface area contributed by atoms with Crippen molar-refractivity contribution < 1.29 is 9.53 Å². The van der Waals surface area contributed by atoms with Gasteiger partial charge in [0.1, 0.15) is 5.75 Å². The topological polar surface area (TPSA) is 26.3 Å². The first-order chi connectivity index (χ1) is 8.08. The molecule has 2 nitrogen and oxygen atoms in total. The van der Waals surface area contributed by atoms with Gasteiger partial charge < -0.3 is 4.74 Å². The number of ether oxygens (including phenoxy) is 1. The number of allylic oxidation sites excluding steroid dienone is 1. The maximum absolute atomic E-state index is 12.0. The Balaban J connectivity index is 2.72. The van der Waals surface area contributed by atoms with Gasteiger partial charge in [-0.1, -0.05) is 19.9 Å². The lowest BCUT2D eigenvalue weighted by Crippen LogP contribution is -2.12. The maximum Gasteiger partial charge on any atom is 0.163 e. The molecule has 0 unspecified atom stereocenters. The third-order valence-electron chi connectivity index (χ3n) is 2.99. The molecule has 0 radical (unpaired) electrons. The first-order valence-electron chi connectivity index (χ1n) is 5.88. The van der Waals surface area contributed by atoms with Gasteiger partial charge in [-0.25, -0.2) is 0 Å². The molecule has 0 aliphatic heterocycles. The van der Waals surface area contributed by atoms with Gasteiger partial charge in [0.2, 0.25) is 0 Å². The number of methoxy groups -OCH3 is 1. The van der Waals surface area contributed by atoms with Crippen molar-refractivity contribution in [3.63, 3.8) is 0 Å². The molecule has 0 bridgehead atoms. The number of hydrogen-bond acceptors (Lipinski definition) is 2. The molecule has 0 spiro atoms. The zero-order valence-corrected chi connectivity index (χ0v) is 10.8. The summed E-state index contributed by atoms with van der Waals surface area (Å²) in [4.78, 5) is 12.0. The normalized spacial score (nSPS) is 12.2. The van der Waals surface area contributed by atoms with Crippen molar-refractivity contribution in [2.24, 2.45) is 11.8 Å². The fraction of sp³-hybridized carbons (Fsp3) is 0.400. The smallest absolute Gasteiger partial charge is 0.163 e. The largest absolute Gasteiger partial charge is 0.497 e. The number of Topliss-reactive ketones (excluding diaryl/α,β-unsaturated/α-hetero) is 1. The summed E-state index contributed by atoms with van der Waals surface area (Å²) < 4.78 is 5.06. The van der Waals surface area contributed by atoms with Crippen LogP contribution < -0.4 is 4.74 Å². The van der Waals surface area contributed by atoms with Gasteiger partial charge in [-0.2, -0.15) is 0 Å². The molecule has 2 heteroatoms. The van der Waals surface area contributed by atoms with E-state index in [2.05, 4.69) is 20.4 Å². The van der Waals surface area contributed by atoms with Gasteiger partial charge in [-0.05, 0) is 36.1 Å². The molecule has 1 aromatic rings. The minimum atomic E-state index is 0.159. The lowest BCUT2D eigenvalue weighted by Gasteiger charge is -2.15. The first kappa shape index (κ1) is 13.5. The lowest BCUT2D eigenvalue weighted by atomic mass is 9.89. The fourth-order valence-corrected chi connectivity index (χ4v) is 1.70. The second kappa shape index (κ2) is 6.24. The molecule has 0 amide bonds. The zero-order chi connectivity index (χ0) is 12.8. The molecular weight excluding hydrogens is 212 g/mol. The Morgan fingerprint density at radius 1 is 1.35 bits per heavy atom. The molecule has 0 fully saturated rings. The van der Waals surface area contributed by atoms with Crippen LogP contribution in [0, 0.1) is 11.8 Å². The summed E-state index contributed by atoms with van der Waals surface area (Å²) in [7, 11) is 1.61. The highest BCUT2D eigenvalue weighted by Gasteiger charge is 2.15. The summed E-state index contributed by atoms with van der Waals surface area (Å²) in [5.41, 5.74) is 0.735. The Hall–Kier alpha value is -1.57.